The van der Waals surface area contributed by atoms with Crippen LogP contribution in [0.3, 0.4) is 0 Å². The van der Waals surface area contributed by atoms with Crippen molar-refractivity contribution >= 4 is 5.69 Å². The minimum atomic E-state index is 0.698. The van der Waals surface area contributed by atoms with Crippen LogP contribution in [-0.2, 0) is 0 Å². The van der Waals surface area contributed by atoms with E-state index in [2.05, 4.69) is 62.3 Å². The molecule has 0 bridgehead atoms. The van der Waals surface area contributed by atoms with Gasteiger partial charge in [0.15, 0.2) is 0 Å². The molecule has 3 atom stereocenters. The lowest BCUT2D eigenvalue weighted by Crippen LogP contribution is -2.45. The van der Waals surface area contributed by atoms with Gasteiger partial charge in [-0.25, -0.2) is 0 Å². The normalized spacial score (nSPS) is 25.8. The molecule has 1 saturated carbocycles. The Kier molecular flexibility index (Phi) is 6.10. The lowest BCUT2D eigenvalue weighted by Gasteiger charge is -2.39. The van der Waals surface area contributed by atoms with Crippen molar-refractivity contribution in [3.05, 3.63) is 29.8 Å². The van der Waals surface area contributed by atoms with E-state index in [9.17, 15) is 0 Å². The van der Waals surface area contributed by atoms with Gasteiger partial charge in [0.1, 0.15) is 0 Å². The van der Waals surface area contributed by atoms with Gasteiger partial charge in [0.2, 0.25) is 0 Å². The predicted molar refractivity (Wildman–Crippen MR) is 93.0 cm³/mol. The molecule has 0 aromatic heterocycles. The first-order valence-corrected chi connectivity index (χ1v) is 8.65. The molecule has 0 aliphatic heterocycles. The molecule has 1 fully saturated rings. The van der Waals surface area contributed by atoms with Crippen LogP contribution in [0.25, 0.3) is 0 Å². The molecule has 1 aliphatic rings. The molecule has 2 nitrogen and oxygen atoms in total. The lowest BCUT2D eigenvalue weighted by molar-refractivity contribution is 0.204. The fourth-order valence-corrected chi connectivity index (χ4v) is 3.91. The SMILES string of the molecule is CCNC1CCC(CC)CC1CN(C)c1ccccc1C. The van der Waals surface area contributed by atoms with Gasteiger partial charge in [-0.3, -0.25) is 0 Å². The zero-order valence-corrected chi connectivity index (χ0v) is 14.2. The first-order valence-electron chi connectivity index (χ1n) is 8.65. The molecular weight excluding hydrogens is 256 g/mol. The fourth-order valence-electron chi connectivity index (χ4n) is 3.91. The Morgan fingerprint density at radius 1 is 1.19 bits per heavy atom. The fraction of sp³-hybridized carbons (Fsp3) is 0.684. The molecule has 2 heteroatoms. The summed E-state index contributed by atoms with van der Waals surface area (Å²) in [5.74, 6) is 1.70. The molecule has 0 spiro atoms. The molecule has 0 heterocycles. The molecule has 1 aromatic carbocycles. The van der Waals surface area contributed by atoms with Crippen LogP contribution >= 0.6 is 0 Å². The summed E-state index contributed by atoms with van der Waals surface area (Å²) in [7, 11) is 2.25. The number of rotatable bonds is 6. The molecule has 0 radical (unpaired) electrons. The summed E-state index contributed by atoms with van der Waals surface area (Å²) < 4.78 is 0. The van der Waals surface area contributed by atoms with Crippen LogP contribution in [0.4, 0.5) is 5.69 Å². The summed E-state index contributed by atoms with van der Waals surface area (Å²) in [5, 5.41) is 3.72. The van der Waals surface area contributed by atoms with Gasteiger partial charge in [-0.15, -0.1) is 0 Å². The van der Waals surface area contributed by atoms with E-state index in [0.29, 0.717) is 6.04 Å². The average Bonchev–Trinajstić information content (AvgIpc) is 2.49. The number of nitrogens with zero attached hydrogens (tertiary/aromatic N) is 1. The second kappa shape index (κ2) is 7.84. The third-order valence-electron chi connectivity index (χ3n) is 5.17. The summed E-state index contributed by atoms with van der Waals surface area (Å²) in [6.07, 6.45) is 5.46. The van der Waals surface area contributed by atoms with Crippen LogP contribution in [0.2, 0.25) is 0 Å². The lowest BCUT2D eigenvalue weighted by atomic mass is 9.76. The number of benzene rings is 1. The van der Waals surface area contributed by atoms with Crippen LogP contribution in [0.5, 0.6) is 0 Å². The molecule has 1 aromatic rings. The summed E-state index contributed by atoms with van der Waals surface area (Å²) in [5.41, 5.74) is 2.76. The van der Waals surface area contributed by atoms with Crippen LogP contribution in [0.15, 0.2) is 24.3 Å². The molecule has 2 rings (SSSR count). The second-order valence-corrected chi connectivity index (χ2v) is 6.68. The smallest absolute Gasteiger partial charge is 0.0393 e. The Hall–Kier alpha value is -1.02. The van der Waals surface area contributed by atoms with E-state index in [-0.39, 0.29) is 0 Å². The number of aryl methyl sites for hydroxylation is 1. The molecule has 3 unspecified atom stereocenters. The van der Waals surface area contributed by atoms with Crippen molar-refractivity contribution in [3.63, 3.8) is 0 Å². The first kappa shape index (κ1) is 16.4. The van der Waals surface area contributed by atoms with E-state index in [1.807, 2.05) is 0 Å². The highest BCUT2D eigenvalue weighted by molar-refractivity contribution is 5.52. The predicted octanol–water partition coefficient (Wildman–Crippen LogP) is 4.24. The van der Waals surface area contributed by atoms with Crippen molar-refractivity contribution in [1.82, 2.24) is 5.32 Å². The van der Waals surface area contributed by atoms with Gasteiger partial charge in [-0.05, 0) is 56.2 Å². The highest BCUT2D eigenvalue weighted by Crippen LogP contribution is 2.33. The van der Waals surface area contributed by atoms with Gasteiger partial charge in [0.05, 0.1) is 0 Å². The summed E-state index contributed by atoms with van der Waals surface area (Å²) in [6.45, 7) is 9.04. The van der Waals surface area contributed by atoms with Gasteiger partial charge in [0, 0.05) is 25.3 Å². The maximum absolute atomic E-state index is 3.72. The highest BCUT2D eigenvalue weighted by atomic mass is 15.1. The largest absolute Gasteiger partial charge is 0.374 e. The molecule has 21 heavy (non-hydrogen) atoms. The Morgan fingerprint density at radius 3 is 2.62 bits per heavy atom. The minimum Gasteiger partial charge on any atom is -0.374 e. The van der Waals surface area contributed by atoms with Gasteiger partial charge >= 0.3 is 0 Å². The van der Waals surface area contributed by atoms with Crippen molar-refractivity contribution in [2.24, 2.45) is 11.8 Å². The third kappa shape index (κ3) is 4.23. The molecule has 1 aliphatic carbocycles. The second-order valence-electron chi connectivity index (χ2n) is 6.68. The van der Waals surface area contributed by atoms with Crippen molar-refractivity contribution < 1.29 is 0 Å². The Balaban J connectivity index is 2.04. The highest BCUT2D eigenvalue weighted by Gasteiger charge is 2.30. The van der Waals surface area contributed by atoms with E-state index in [0.717, 1.165) is 18.4 Å². The van der Waals surface area contributed by atoms with E-state index in [1.54, 1.807) is 0 Å². The zero-order valence-electron chi connectivity index (χ0n) is 14.2. The maximum Gasteiger partial charge on any atom is 0.0393 e. The number of hydrogen-bond acceptors (Lipinski definition) is 2. The maximum atomic E-state index is 3.72. The van der Waals surface area contributed by atoms with E-state index in [1.165, 1.54) is 43.5 Å². The Labute approximate surface area is 130 Å². The van der Waals surface area contributed by atoms with Crippen molar-refractivity contribution in [3.8, 4) is 0 Å². The molecule has 0 saturated heterocycles. The molecule has 0 amide bonds. The van der Waals surface area contributed by atoms with Gasteiger partial charge in [-0.2, -0.15) is 0 Å². The Bertz CT molecular complexity index is 429. The number of para-hydroxylation sites is 1. The van der Waals surface area contributed by atoms with E-state index >= 15 is 0 Å². The first-order chi connectivity index (χ1) is 10.2. The van der Waals surface area contributed by atoms with Crippen LogP contribution in [0.1, 0.15) is 45.1 Å². The van der Waals surface area contributed by atoms with Gasteiger partial charge in [0.25, 0.3) is 0 Å². The molecule has 118 valence electrons. The van der Waals surface area contributed by atoms with Crippen molar-refractivity contribution in [2.75, 3.05) is 25.0 Å². The van der Waals surface area contributed by atoms with Crippen molar-refractivity contribution in [1.29, 1.82) is 0 Å². The Morgan fingerprint density at radius 2 is 1.95 bits per heavy atom. The number of hydrogen-bond donors (Lipinski definition) is 1. The topological polar surface area (TPSA) is 15.3 Å². The minimum absolute atomic E-state index is 0.698. The van der Waals surface area contributed by atoms with Crippen LogP contribution in [0, 0.1) is 18.8 Å². The standard InChI is InChI=1S/C19H32N2/c1-5-16-11-12-18(20-6-2)17(13-16)14-21(4)19-10-8-7-9-15(19)3/h7-10,16-18,20H,5-6,11-14H2,1-4H3. The number of nitrogens with one attached hydrogen (secondary N) is 1. The zero-order chi connectivity index (χ0) is 15.2. The van der Waals surface area contributed by atoms with Gasteiger partial charge < -0.3 is 10.2 Å². The monoisotopic (exact) mass is 288 g/mol. The number of anilines is 1. The summed E-state index contributed by atoms with van der Waals surface area (Å²) >= 11 is 0. The summed E-state index contributed by atoms with van der Waals surface area (Å²) in [4.78, 5) is 2.46. The van der Waals surface area contributed by atoms with Crippen LogP contribution < -0.4 is 10.2 Å². The molecule has 1 N–H and O–H groups in total. The van der Waals surface area contributed by atoms with E-state index < -0.39 is 0 Å². The van der Waals surface area contributed by atoms with Gasteiger partial charge in [-0.1, -0.05) is 38.5 Å². The van der Waals surface area contributed by atoms with E-state index in [4.69, 9.17) is 0 Å². The third-order valence-corrected chi connectivity index (χ3v) is 5.17. The van der Waals surface area contributed by atoms with Crippen molar-refractivity contribution in [2.45, 2.75) is 52.5 Å². The van der Waals surface area contributed by atoms with Crippen LogP contribution in [-0.4, -0.2) is 26.2 Å². The summed E-state index contributed by atoms with van der Waals surface area (Å²) in [6, 6.07) is 9.43. The quantitative estimate of drug-likeness (QED) is 0.842. The molecular formula is C19H32N2. The average molecular weight is 288 g/mol.